The van der Waals surface area contributed by atoms with Gasteiger partial charge in [-0.1, -0.05) is 13.0 Å². The third kappa shape index (κ3) is 3.96. The maximum atomic E-state index is 12.6. The molecular weight excluding hydrogens is 319 g/mol. The SMILES string of the molecule is CCCNC(=O)c1[nH]c(C)c(Cc2ccc(C(F)(F)F)nc2)c1C. The monoisotopic (exact) mass is 339 g/mol. The van der Waals surface area contributed by atoms with Gasteiger partial charge in [-0.25, -0.2) is 0 Å². The van der Waals surface area contributed by atoms with Crippen LogP contribution in [0.15, 0.2) is 18.3 Å². The lowest BCUT2D eigenvalue weighted by Gasteiger charge is -2.07. The molecule has 0 aliphatic heterocycles. The third-order valence-corrected chi connectivity index (χ3v) is 3.85. The number of rotatable bonds is 5. The molecule has 2 rings (SSSR count). The molecular formula is C17H20F3N3O. The molecule has 1 amide bonds. The molecule has 2 heterocycles. The lowest BCUT2D eigenvalue weighted by atomic mass is 10.0. The van der Waals surface area contributed by atoms with E-state index in [4.69, 9.17) is 0 Å². The topological polar surface area (TPSA) is 57.8 Å². The summed E-state index contributed by atoms with van der Waals surface area (Å²) in [6, 6.07) is 2.39. The van der Waals surface area contributed by atoms with Crippen molar-refractivity contribution in [2.24, 2.45) is 0 Å². The largest absolute Gasteiger partial charge is 0.433 e. The second-order valence-corrected chi connectivity index (χ2v) is 5.71. The van der Waals surface area contributed by atoms with Gasteiger partial charge in [0.2, 0.25) is 0 Å². The van der Waals surface area contributed by atoms with Crippen molar-refractivity contribution in [1.29, 1.82) is 0 Å². The van der Waals surface area contributed by atoms with E-state index in [2.05, 4.69) is 15.3 Å². The number of halogens is 3. The van der Waals surface area contributed by atoms with Crippen molar-refractivity contribution in [2.75, 3.05) is 6.54 Å². The number of H-pyrrole nitrogens is 1. The van der Waals surface area contributed by atoms with Gasteiger partial charge in [-0.05, 0) is 43.0 Å². The normalized spacial score (nSPS) is 11.6. The second-order valence-electron chi connectivity index (χ2n) is 5.71. The van der Waals surface area contributed by atoms with Crippen molar-refractivity contribution in [2.45, 2.75) is 39.8 Å². The highest BCUT2D eigenvalue weighted by molar-refractivity contribution is 5.94. The number of nitrogens with zero attached hydrogens (tertiary/aromatic N) is 1. The van der Waals surface area contributed by atoms with Gasteiger partial charge in [-0.2, -0.15) is 13.2 Å². The molecule has 0 aromatic carbocycles. The summed E-state index contributed by atoms with van der Waals surface area (Å²) in [5, 5.41) is 2.81. The molecule has 7 heteroatoms. The molecule has 0 radical (unpaired) electrons. The van der Waals surface area contributed by atoms with E-state index in [-0.39, 0.29) is 5.91 Å². The van der Waals surface area contributed by atoms with Crippen molar-refractivity contribution < 1.29 is 18.0 Å². The first-order valence-electron chi connectivity index (χ1n) is 7.72. The minimum absolute atomic E-state index is 0.172. The van der Waals surface area contributed by atoms with Crippen LogP contribution in [-0.2, 0) is 12.6 Å². The van der Waals surface area contributed by atoms with Crippen molar-refractivity contribution in [1.82, 2.24) is 15.3 Å². The van der Waals surface area contributed by atoms with Gasteiger partial charge in [0.05, 0.1) is 0 Å². The van der Waals surface area contributed by atoms with Crippen LogP contribution >= 0.6 is 0 Å². The Bertz CT molecular complexity index is 718. The van der Waals surface area contributed by atoms with E-state index < -0.39 is 11.9 Å². The number of carbonyl (C=O) groups excluding carboxylic acids is 1. The minimum Gasteiger partial charge on any atom is -0.354 e. The lowest BCUT2D eigenvalue weighted by Crippen LogP contribution is -2.25. The van der Waals surface area contributed by atoms with Crippen LogP contribution in [0.2, 0.25) is 0 Å². The number of amides is 1. The Balaban J connectivity index is 2.21. The molecule has 2 aromatic rings. The van der Waals surface area contributed by atoms with Gasteiger partial charge in [-0.3, -0.25) is 9.78 Å². The molecule has 0 saturated carbocycles. The predicted octanol–water partition coefficient (Wildman–Crippen LogP) is 3.78. The molecule has 0 aliphatic rings. The van der Waals surface area contributed by atoms with Crippen LogP contribution in [0, 0.1) is 13.8 Å². The number of alkyl halides is 3. The molecule has 0 fully saturated rings. The van der Waals surface area contributed by atoms with E-state index >= 15 is 0 Å². The number of aromatic amines is 1. The number of aromatic nitrogens is 2. The first-order valence-corrected chi connectivity index (χ1v) is 7.72. The van der Waals surface area contributed by atoms with E-state index in [0.29, 0.717) is 24.2 Å². The van der Waals surface area contributed by atoms with Crippen LogP contribution in [0.1, 0.15) is 51.9 Å². The summed E-state index contributed by atoms with van der Waals surface area (Å²) in [5.41, 5.74) is 2.78. The number of hydrogen-bond acceptors (Lipinski definition) is 2. The van der Waals surface area contributed by atoms with Gasteiger partial charge < -0.3 is 10.3 Å². The Morgan fingerprint density at radius 1 is 1.29 bits per heavy atom. The lowest BCUT2D eigenvalue weighted by molar-refractivity contribution is -0.141. The van der Waals surface area contributed by atoms with Gasteiger partial charge in [0, 0.05) is 24.9 Å². The Kier molecular flexibility index (Phi) is 5.31. The zero-order chi connectivity index (χ0) is 17.9. The number of aryl methyl sites for hydroxylation is 1. The smallest absolute Gasteiger partial charge is 0.354 e. The number of hydrogen-bond donors (Lipinski definition) is 2. The molecule has 2 aromatic heterocycles. The molecule has 2 N–H and O–H groups in total. The zero-order valence-corrected chi connectivity index (χ0v) is 13.8. The molecule has 0 saturated heterocycles. The maximum Gasteiger partial charge on any atom is 0.433 e. The van der Waals surface area contributed by atoms with E-state index in [1.165, 1.54) is 12.3 Å². The molecule has 0 bridgehead atoms. The molecule has 0 atom stereocenters. The summed E-state index contributed by atoms with van der Waals surface area (Å²) in [6.07, 6.45) is -1.95. The summed E-state index contributed by atoms with van der Waals surface area (Å²) in [6.45, 7) is 6.23. The molecule has 130 valence electrons. The summed E-state index contributed by atoms with van der Waals surface area (Å²) in [7, 11) is 0. The first kappa shape index (κ1) is 18.0. The maximum absolute atomic E-state index is 12.6. The number of nitrogens with one attached hydrogen (secondary N) is 2. The van der Waals surface area contributed by atoms with Crippen LogP contribution in [0.25, 0.3) is 0 Å². The summed E-state index contributed by atoms with van der Waals surface area (Å²) < 4.78 is 37.7. The van der Waals surface area contributed by atoms with E-state index in [1.807, 2.05) is 20.8 Å². The minimum atomic E-state index is -4.44. The standard InChI is InChI=1S/C17H20F3N3O/c1-4-7-21-16(24)15-10(2)13(11(3)23-15)8-12-5-6-14(22-9-12)17(18,19)20/h5-6,9,23H,4,7-8H2,1-3H3,(H,21,24). The van der Waals surface area contributed by atoms with Gasteiger partial charge in [-0.15, -0.1) is 0 Å². The summed E-state index contributed by atoms with van der Waals surface area (Å²) >= 11 is 0. The van der Waals surface area contributed by atoms with Crippen LogP contribution in [0.3, 0.4) is 0 Å². The van der Waals surface area contributed by atoms with E-state index in [9.17, 15) is 18.0 Å². The fourth-order valence-electron chi connectivity index (χ4n) is 2.51. The fraction of sp³-hybridized carbons (Fsp3) is 0.412. The Morgan fingerprint density at radius 2 is 2.00 bits per heavy atom. The van der Waals surface area contributed by atoms with Crippen molar-refractivity contribution in [3.05, 3.63) is 52.1 Å². The Labute approximate surface area is 138 Å². The highest BCUT2D eigenvalue weighted by atomic mass is 19.4. The quantitative estimate of drug-likeness (QED) is 0.871. The molecule has 0 unspecified atom stereocenters. The number of carbonyl (C=O) groups is 1. The molecule has 0 aliphatic carbocycles. The Morgan fingerprint density at radius 3 is 2.54 bits per heavy atom. The predicted molar refractivity (Wildman–Crippen MR) is 84.9 cm³/mol. The van der Waals surface area contributed by atoms with Gasteiger partial charge in [0.25, 0.3) is 5.91 Å². The van der Waals surface area contributed by atoms with Crippen LogP contribution in [0.4, 0.5) is 13.2 Å². The number of pyridine rings is 1. The fourth-order valence-corrected chi connectivity index (χ4v) is 2.51. The molecule has 4 nitrogen and oxygen atoms in total. The van der Waals surface area contributed by atoms with Crippen LogP contribution in [0.5, 0.6) is 0 Å². The Hall–Kier alpha value is -2.31. The van der Waals surface area contributed by atoms with E-state index in [0.717, 1.165) is 29.3 Å². The zero-order valence-electron chi connectivity index (χ0n) is 13.8. The third-order valence-electron chi connectivity index (χ3n) is 3.85. The van der Waals surface area contributed by atoms with Crippen LogP contribution in [-0.4, -0.2) is 22.4 Å². The highest BCUT2D eigenvalue weighted by Crippen LogP contribution is 2.28. The molecule has 0 spiro atoms. The summed E-state index contributed by atoms with van der Waals surface area (Å²) in [4.78, 5) is 18.7. The van der Waals surface area contributed by atoms with Crippen molar-refractivity contribution in [3.63, 3.8) is 0 Å². The average molecular weight is 339 g/mol. The van der Waals surface area contributed by atoms with Crippen LogP contribution < -0.4 is 5.32 Å². The van der Waals surface area contributed by atoms with Gasteiger partial charge in [0.15, 0.2) is 0 Å². The van der Waals surface area contributed by atoms with Gasteiger partial charge >= 0.3 is 6.18 Å². The van der Waals surface area contributed by atoms with Crippen molar-refractivity contribution >= 4 is 5.91 Å². The van der Waals surface area contributed by atoms with Gasteiger partial charge in [0.1, 0.15) is 11.4 Å². The second kappa shape index (κ2) is 7.07. The first-order chi connectivity index (χ1) is 11.2. The summed E-state index contributed by atoms with van der Waals surface area (Å²) in [5.74, 6) is -0.172. The highest BCUT2D eigenvalue weighted by Gasteiger charge is 2.32. The average Bonchev–Trinajstić information content (AvgIpc) is 2.80. The molecule has 24 heavy (non-hydrogen) atoms. The van der Waals surface area contributed by atoms with E-state index in [1.54, 1.807) is 0 Å². The van der Waals surface area contributed by atoms with Crippen molar-refractivity contribution in [3.8, 4) is 0 Å².